The average molecular weight is 532 g/mol. The zero-order valence-corrected chi connectivity index (χ0v) is 19.0. The Hall–Kier alpha value is 0.1000. The minimum absolute atomic E-state index is 0. The molecule has 0 aromatic carbocycles. The summed E-state index contributed by atoms with van der Waals surface area (Å²) >= 11 is 5.23. The molecule has 1 aromatic heterocycles. The number of methoxy groups -OCH3 is 1. The molecule has 138 valence electrons. The van der Waals surface area contributed by atoms with E-state index in [1.165, 1.54) is 4.88 Å². The van der Waals surface area contributed by atoms with Crippen molar-refractivity contribution in [2.45, 2.75) is 19.9 Å². The highest BCUT2D eigenvalue weighted by Gasteiger charge is 2.24. The molecular weight excluding hydrogens is 505 g/mol. The fraction of sp³-hybridized carbons (Fsp3) is 0.688. The lowest BCUT2D eigenvalue weighted by atomic mass is 10.1. The third kappa shape index (κ3) is 7.55. The van der Waals surface area contributed by atoms with E-state index < -0.39 is 0 Å². The summed E-state index contributed by atoms with van der Waals surface area (Å²) in [4.78, 5) is 8.40. The van der Waals surface area contributed by atoms with E-state index in [0.29, 0.717) is 19.1 Å². The van der Waals surface area contributed by atoms with E-state index in [-0.39, 0.29) is 24.0 Å². The first-order chi connectivity index (χ1) is 11.2. The van der Waals surface area contributed by atoms with Crippen LogP contribution in [0.3, 0.4) is 0 Å². The van der Waals surface area contributed by atoms with Gasteiger partial charge in [-0.05, 0) is 35.3 Å². The Morgan fingerprint density at radius 3 is 3.00 bits per heavy atom. The normalized spacial score (nSPS) is 17.9. The number of aliphatic imine (C=N–C) groups is 1. The van der Waals surface area contributed by atoms with Crippen LogP contribution in [0.25, 0.3) is 0 Å². The number of nitrogens with one attached hydrogen (secondary N) is 1. The van der Waals surface area contributed by atoms with Crippen LogP contribution in [0.15, 0.2) is 20.9 Å². The predicted octanol–water partition coefficient (Wildman–Crippen LogP) is 3.58. The fourth-order valence-corrected chi connectivity index (χ4v) is 3.94. The van der Waals surface area contributed by atoms with Gasteiger partial charge >= 0.3 is 0 Å². The number of ether oxygens (including phenoxy) is 2. The maximum absolute atomic E-state index is 5.66. The molecule has 1 aliphatic rings. The first kappa shape index (κ1) is 22.1. The topological polar surface area (TPSA) is 46.1 Å². The van der Waals surface area contributed by atoms with Crippen LogP contribution in [-0.2, 0) is 16.0 Å². The molecule has 0 saturated carbocycles. The molecule has 8 heteroatoms. The van der Waals surface area contributed by atoms with Gasteiger partial charge in [0, 0.05) is 47.4 Å². The van der Waals surface area contributed by atoms with Gasteiger partial charge in [0.2, 0.25) is 0 Å². The number of hydrogen-bond acceptors (Lipinski definition) is 4. The molecule has 2 heterocycles. The van der Waals surface area contributed by atoms with Crippen LogP contribution in [0.2, 0.25) is 0 Å². The molecule has 1 atom stereocenters. The molecule has 1 N–H and O–H groups in total. The van der Waals surface area contributed by atoms with E-state index in [0.717, 1.165) is 49.6 Å². The van der Waals surface area contributed by atoms with Crippen LogP contribution < -0.4 is 5.32 Å². The van der Waals surface area contributed by atoms with E-state index in [1.807, 2.05) is 0 Å². The Morgan fingerprint density at radius 1 is 1.50 bits per heavy atom. The third-order valence-corrected chi connectivity index (χ3v) is 5.39. The molecule has 1 fully saturated rings. The molecule has 2 rings (SSSR count). The number of hydrogen-bond donors (Lipinski definition) is 1. The van der Waals surface area contributed by atoms with Gasteiger partial charge in [0.05, 0.1) is 26.4 Å². The Balaban J connectivity index is 0.00000288. The van der Waals surface area contributed by atoms with Gasteiger partial charge in [0.15, 0.2) is 5.96 Å². The summed E-state index contributed by atoms with van der Waals surface area (Å²) < 4.78 is 11.8. The van der Waals surface area contributed by atoms with Gasteiger partial charge in [-0.15, -0.1) is 35.3 Å². The van der Waals surface area contributed by atoms with Crippen LogP contribution in [0, 0.1) is 5.92 Å². The largest absolute Gasteiger partial charge is 0.382 e. The van der Waals surface area contributed by atoms with Crippen molar-refractivity contribution >= 4 is 57.2 Å². The summed E-state index contributed by atoms with van der Waals surface area (Å²) in [5.74, 6) is 1.59. The van der Waals surface area contributed by atoms with Gasteiger partial charge in [-0.2, -0.15) is 0 Å². The lowest BCUT2D eigenvalue weighted by molar-refractivity contribution is 0.0536. The first-order valence-electron chi connectivity index (χ1n) is 8.05. The maximum atomic E-state index is 5.66. The van der Waals surface area contributed by atoms with Crippen molar-refractivity contribution in [1.82, 2.24) is 10.2 Å². The number of guanidine groups is 1. The number of thiophene rings is 1. The highest BCUT2D eigenvalue weighted by Crippen LogP contribution is 2.21. The Kier molecular flexibility index (Phi) is 11.5. The highest BCUT2D eigenvalue weighted by molar-refractivity contribution is 14.0. The molecule has 0 bridgehead atoms. The minimum atomic E-state index is 0. The lowest BCUT2D eigenvalue weighted by Crippen LogP contribution is -2.40. The monoisotopic (exact) mass is 531 g/mol. The van der Waals surface area contributed by atoms with Crippen molar-refractivity contribution in [3.8, 4) is 0 Å². The van der Waals surface area contributed by atoms with Gasteiger partial charge in [-0.3, -0.25) is 0 Å². The lowest BCUT2D eigenvalue weighted by Gasteiger charge is -2.21. The second-order valence-corrected chi connectivity index (χ2v) is 7.48. The highest BCUT2D eigenvalue weighted by atomic mass is 127. The van der Waals surface area contributed by atoms with Crippen LogP contribution in [0.4, 0.5) is 0 Å². The van der Waals surface area contributed by atoms with Crippen molar-refractivity contribution in [1.29, 1.82) is 0 Å². The number of nitrogens with zero attached hydrogens (tertiary/aromatic N) is 2. The molecule has 1 saturated heterocycles. The SMILES string of the molecule is CCNC(=NCc1cc(Br)cs1)N1CCC(COCCOC)C1.I. The van der Waals surface area contributed by atoms with Crippen LogP contribution in [-0.4, -0.2) is 57.4 Å². The molecule has 1 unspecified atom stereocenters. The Bertz CT molecular complexity index is 501. The van der Waals surface area contributed by atoms with Gasteiger partial charge in [-0.25, -0.2) is 4.99 Å². The predicted molar refractivity (Wildman–Crippen MR) is 115 cm³/mol. The van der Waals surface area contributed by atoms with Crippen LogP contribution >= 0.6 is 51.2 Å². The molecule has 0 amide bonds. The average Bonchev–Trinajstić information content (AvgIpc) is 3.17. The Morgan fingerprint density at radius 2 is 2.33 bits per heavy atom. The van der Waals surface area contributed by atoms with E-state index in [9.17, 15) is 0 Å². The summed E-state index contributed by atoms with van der Waals surface area (Å²) in [5.41, 5.74) is 0. The number of likely N-dealkylation sites (tertiary alicyclic amines) is 1. The fourth-order valence-electron chi connectivity index (χ4n) is 2.57. The van der Waals surface area contributed by atoms with E-state index >= 15 is 0 Å². The molecule has 1 aromatic rings. The number of rotatable bonds is 8. The Labute approximate surface area is 174 Å². The third-order valence-electron chi connectivity index (χ3n) is 3.71. The second-order valence-electron chi connectivity index (χ2n) is 5.57. The van der Waals surface area contributed by atoms with E-state index in [1.54, 1.807) is 18.4 Å². The minimum Gasteiger partial charge on any atom is -0.382 e. The quantitative estimate of drug-likeness (QED) is 0.241. The standard InChI is InChI=1S/C16H26BrN3O2S.HI/c1-3-18-16(19-9-15-8-14(17)12-23-15)20-5-4-13(10-20)11-22-7-6-21-2;/h8,12-13H,3-7,9-11H2,1-2H3,(H,18,19);1H. The first-order valence-corrected chi connectivity index (χ1v) is 9.73. The van der Waals surface area contributed by atoms with E-state index in [4.69, 9.17) is 14.5 Å². The summed E-state index contributed by atoms with van der Waals surface area (Å²) in [6.45, 7) is 7.91. The summed E-state index contributed by atoms with van der Waals surface area (Å²) in [6.07, 6.45) is 1.15. The summed E-state index contributed by atoms with van der Waals surface area (Å²) in [7, 11) is 1.70. The van der Waals surface area contributed by atoms with Gasteiger partial charge in [-0.1, -0.05) is 0 Å². The van der Waals surface area contributed by atoms with Gasteiger partial charge in [0.1, 0.15) is 0 Å². The number of halogens is 2. The molecule has 5 nitrogen and oxygen atoms in total. The molecule has 0 aliphatic carbocycles. The van der Waals surface area contributed by atoms with Crippen molar-refractivity contribution in [2.75, 3.05) is 46.6 Å². The van der Waals surface area contributed by atoms with Gasteiger partial charge in [0.25, 0.3) is 0 Å². The molecule has 1 aliphatic heterocycles. The van der Waals surface area contributed by atoms with Crippen molar-refractivity contribution in [3.63, 3.8) is 0 Å². The van der Waals surface area contributed by atoms with Crippen LogP contribution in [0.5, 0.6) is 0 Å². The van der Waals surface area contributed by atoms with Crippen molar-refractivity contribution < 1.29 is 9.47 Å². The molecular formula is C16H27BrIN3O2S. The van der Waals surface area contributed by atoms with Crippen molar-refractivity contribution in [3.05, 3.63) is 20.8 Å². The zero-order valence-electron chi connectivity index (χ0n) is 14.3. The van der Waals surface area contributed by atoms with Gasteiger partial charge < -0.3 is 19.7 Å². The van der Waals surface area contributed by atoms with E-state index in [2.05, 4.69) is 44.5 Å². The molecule has 24 heavy (non-hydrogen) atoms. The smallest absolute Gasteiger partial charge is 0.194 e. The summed E-state index contributed by atoms with van der Waals surface area (Å²) in [6, 6.07) is 2.13. The molecule has 0 spiro atoms. The maximum Gasteiger partial charge on any atom is 0.194 e. The zero-order chi connectivity index (χ0) is 16.5. The second kappa shape index (κ2) is 12.5. The summed E-state index contributed by atoms with van der Waals surface area (Å²) in [5, 5.41) is 5.50. The van der Waals surface area contributed by atoms with Crippen molar-refractivity contribution in [2.24, 2.45) is 10.9 Å². The molecule has 0 radical (unpaired) electrons. The van der Waals surface area contributed by atoms with Crippen LogP contribution in [0.1, 0.15) is 18.2 Å².